The molecule has 1 amide bonds. The molecule has 5 nitrogen and oxygen atoms in total. The second-order valence-electron chi connectivity index (χ2n) is 7.04. The van der Waals surface area contributed by atoms with Crippen molar-refractivity contribution < 1.29 is 19.4 Å². The van der Waals surface area contributed by atoms with Gasteiger partial charge in [-0.1, -0.05) is 42.5 Å². The van der Waals surface area contributed by atoms with E-state index in [1.54, 1.807) is 24.3 Å². The SMILES string of the molecule is O=C(CCc1ccc(C(=O)O)cc1)NCC1(c2ccccc2)CCOCC1. The normalized spacial score (nSPS) is 15.9. The molecule has 1 fully saturated rings. The van der Waals surface area contributed by atoms with Crippen LogP contribution in [0.5, 0.6) is 0 Å². The molecule has 2 aromatic carbocycles. The van der Waals surface area contributed by atoms with E-state index in [9.17, 15) is 9.59 Å². The van der Waals surface area contributed by atoms with Crippen LogP contribution in [-0.2, 0) is 21.4 Å². The Morgan fingerprint density at radius 3 is 2.30 bits per heavy atom. The van der Waals surface area contributed by atoms with E-state index in [4.69, 9.17) is 9.84 Å². The number of hydrogen-bond donors (Lipinski definition) is 2. The number of amides is 1. The summed E-state index contributed by atoms with van der Waals surface area (Å²) in [4.78, 5) is 23.3. The first-order valence-electron chi connectivity index (χ1n) is 9.31. The molecule has 1 saturated heterocycles. The van der Waals surface area contributed by atoms with Crippen molar-refractivity contribution >= 4 is 11.9 Å². The summed E-state index contributed by atoms with van der Waals surface area (Å²) in [6.45, 7) is 2.03. The number of ether oxygens (including phenoxy) is 1. The Kier molecular flexibility index (Phi) is 6.24. The lowest BCUT2D eigenvalue weighted by atomic mass is 9.74. The van der Waals surface area contributed by atoms with Crippen molar-refractivity contribution in [3.63, 3.8) is 0 Å². The van der Waals surface area contributed by atoms with Crippen molar-refractivity contribution in [3.05, 3.63) is 71.3 Å². The lowest BCUT2D eigenvalue weighted by Crippen LogP contribution is -2.44. The number of carboxylic acids is 1. The molecule has 27 heavy (non-hydrogen) atoms. The molecule has 0 aliphatic carbocycles. The Morgan fingerprint density at radius 1 is 1.00 bits per heavy atom. The zero-order chi connectivity index (χ0) is 19.1. The van der Waals surface area contributed by atoms with E-state index in [1.807, 2.05) is 18.2 Å². The summed E-state index contributed by atoms with van der Waals surface area (Å²) in [5, 5.41) is 12.0. The molecule has 3 rings (SSSR count). The van der Waals surface area contributed by atoms with Gasteiger partial charge in [0.05, 0.1) is 5.56 Å². The molecule has 0 radical (unpaired) electrons. The monoisotopic (exact) mass is 367 g/mol. The van der Waals surface area contributed by atoms with Gasteiger partial charge in [-0.3, -0.25) is 4.79 Å². The Morgan fingerprint density at radius 2 is 1.67 bits per heavy atom. The quantitative estimate of drug-likeness (QED) is 0.788. The number of carbonyl (C=O) groups excluding carboxylic acids is 1. The zero-order valence-electron chi connectivity index (χ0n) is 15.3. The molecule has 142 valence electrons. The maximum atomic E-state index is 12.4. The smallest absolute Gasteiger partial charge is 0.335 e. The number of hydrogen-bond acceptors (Lipinski definition) is 3. The molecule has 2 aromatic rings. The highest BCUT2D eigenvalue weighted by Gasteiger charge is 2.34. The van der Waals surface area contributed by atoms with E-state index in [0.717, 1.165) is 18.4 Å². The summed E-state index contributed by atoms with van der Waals surface area (Å²) < 4.78 is 5.53. The minimum atomic E-state index is -0.943. The average Bonchev–Trinajstić information content (AvgIpc) is 2.72. The maximum Gasteiger partial charge on any atom is 0.335 e. The summed E-state index contributed by atoms with van der Waals surface area (Å²) in [6, 6.07) is 17.0. The number of rotatable bonds is 7. The molecule has 0 atom stereocenters. The molecule has 0 saturated carbocycles. The van der Waals surface area contributed by atoms with Crippen LogP contribution in [0.25, 0.3) is 0 Å². The van der Waals surface area contributed by atoms with E-state index >= 15 is 0 Å². The summed E-state index contributed by atoms with van der Waals surface area (Å²) >= 11 is 0. The lowest BCUT2D eigenvalue weighted by Gasteiger charge is -2.38. The number of carbonyl (C=O) groups is 2. The minimum Gasteiger partial charge on any atom is -0.478 e. The van der Waals surface area contributed by atoms with E-state index in [0.29, 0.717) is 32.6 Å². The fourth-order valence-electron chi connectivity index (χ4n) is 3.55. The van der Waals surface area contributed by atoms with Crippen molar-refractivity contribution in [2.45, 2.75) is 31.1 Å². The van der Waals surface area contributed by atoms with Gasteiger partial charge in [-0.05, 0) is 42.5 Å². The van der Waals surface area contributed by atoms with Crippen LogP contribution in [0.2, 0.25) is 0 Å². The third kappa shape index (κ3) is 4.95. The Hall–Kier alpha value is -2.66. The summed E-state index contributed by atoms with van der Waals surface area (Å²) in [7, 11) is 0. The minimum absolute atomic E-state index is 0.0131. The largest absolute Gasteiger partial charge is 0.478 e. The van der Waals surface area contributed by atoms with Crippen LogP contribution in [0.3, 0.4) is 0 Å². The maximum absolute atomic E-state index is 12.4. The number of nitrogens with one attached hydrogen (secondary N) is 1. The van der Waals surface area contributed by atoms with Gasteiger partial charge in [0.25, 0.3) is 0 Å². The van der Waals surface area contributed by atoms with Gasteiger partial charge in [0, 0.05) is 31.6 Å². The molecule has 0 unspecified atom stereocenters. The highest BCUT2D eigenvalue weighted by Crippen LogP contribution is 2.34. The van der Waals surface area contributed by atoms with Crippen LogP contribution in [0.4, 0.5) is 0 Å². The third-order valence-corrected chi connectivity index (χ3v) is 5.30. The number of aryl methyl sites for hydroxylation is 1. The first-order chi connectivity index (χ1) is 13.1. The predicted molar refractivity (Wildman–Crippen MR) is 103 cm³/mol. The van der Waals surface area contributed by atoms with Crippen LogP contribution in [0, 0.1) is 0 Å². The molecular formula is C22H25NO4. The highest BCUT2D eigenvalue weighted by atomic mass is 16.5. The molecule has 1 aliphatic heterocycles. The Labute approximate surface area is 159 Å². The standard InChI is InChI=1S/C22H25NO4/c24-20(11-8-17-6-9-18(10-7-17)21(25)26)23-16-22(12-14-27-15-13-22)19-4-2-1-3-5-19/h1-7,9-10H,8,11-16H2,(H,23,24)(H,25,26). The van der Waals surface area contributed by atoms with Gasteiger partial charge < -0.3 is 15.2 Å². The van der Waals surface area contributed by atoms with Crippen LogP contribution in [-0.4, -0.2) is 36.7 Å². The van der Waals surface area contributed by atoms with Gasteiger partial charge in [-0.2, -0.15) is 0 Å². The van der Waals surface area contributed by atoms with Crippen molar-refractivity contribution in [1.82, 2.24) is 5.32 Å². The number of carboxylic acid groups (broad SMARTS) is 1. The second kappa shape index (κ2) is 8.82. The molecule has 0 spiro atoms. The predicted octanol–water partition coefficient (Wildman–Crippen LogP) is 3.18. The summed E-state index contributed by atoms with van der Waals surface area (Å²) in [6.07, 6.45) is 2.77. The van der Waals surface area contributed by atoms with Crippen LogP contribution < -0.4 is 5.32 Å². The molecule has 0 bridgehead atoms. The zero-order valence-corrected chi connectivity index (χ0v) is 15.3. The fourth-order valence-corrected chi connectivity index (χ4v) is 3.55. The van der Waals surface area contributed by atoms with Crippen molar-refractivity contribution in [2.75, 3.05) is 19.8 Å². The Balaban J connectivity index is 1.56. The van der Waals surface area contributed by atoms with Gasteiger partial charge >= 0.3 is 5.97 Å². The molecular weight excluding hydrogens is 342 g/mol. The lowest BCUT2D eigenvalue weighted by molar-refractivity contribution is -0.121. The summed E-state index contributed by atoms with van der Waals surface area (Å²) in [5.41, 5.74) is 2.39. The van der Waals surface area contributed by atoms with Crippen molar-refractivity contribution in [1.29, 1.82) is 0 Å². The van der Waals surface area contributed by atoms with E-state index in [2.05, 4.69) is 17.4 Å². The van der Waals surface area contributed by atoms with Gasteiger partial charge in [0.2, 0.25) is 5.91 Å². The molecule has 0 aromatic heterocycles. The van der Waals surface area contributed by atoms with Gasteiger partial charge in [-0.15, -0.1) is 0 Å². The first-order valence-corrected chi connectivity index (χ1v) is 9.31. The van der Waals surface area contributed by atoms with Crippen LogP contribution in [0.15, 0.2) is 54.6 Å². The van der Waals surface area contributed by atoms with Crippen molar-refractivity contribution in [3.8, 4) is 0 Å². The topological polar surface area (TPSA) is 75.6 Å². The van der Waals surface area contributed by atoms with Crippen LogP contribution >= 0.6 is 0 Å². The third-order valence-electron chi connectivity index (χ3n) is 5.30. The van der Waals surface area contributed by atoms with Gasteiger partial charge in [-0.25, -0.2) is 4.79 Å². The number of aromatic carboxylic acids is 1. The van der Waals surface area contributed by atoms with Gasteiger partial charge in [0.1, 0.15) is 0 Å². The van der Waals surface area contributed by atoms with Crippen molar-refractivity contribution in [2.24, 2.45) is 0 Å². The molecule has 2 N–H and O–H groups in total. The van der Waals surface area contributed by atoms with Gasteiger partial charge in [0.15, 0.2) is 0 Å². The van der Waals surface area contributed by atoms with Crippen LogP contribution in [0.1, 0.15) is 40.7 Å². The van der Waals surface area contributed by atoms with E-state index in [-0.39, 0.29) is 16.9 Å². The number of benzene rings is 2. The van der Waals surface area contributed by atoms with E-state index < -0.39 is 5.97 Å². The summed E-state index contributed by atoms with van der Waals surface area (Å²) in [5.74, 6) is -0.930. The highest BCUT2D eigenvalue weighted by molar-refractivity contribution is 5.87. The molecule has 1 aliphatic rings. The first kappa shape index (κ1) is 19.1. The second-order valence-corrected chi connectivity index (χ2v) is 7.04. The average molecular weight is 367 g/mol. The molecule has 5 heteroatoms. The Bertz CT molecular complexity index is 765. The molecule has 1 heterocycles. The van der Waals surface area contributed by atoms with E-state index in [1.165, 1.54) is 5.56 Å². The fraction of sp³-hybridized carbons (Fsp3) is 0.364.